The number of aromatic nitrogens is 1. The van der Waals surface area contributed by atoms with Crippen molar-refractivity contribution < 1.29 is 21.7 Å². The Hall–Kier alpha value is -2.37. The first-order valence-electron chi connectivity index (χ1n) is 7.90. The van der Waals surface area contributed by atoms with Crippen molar-refractivity contribution in [3.63, 3.8) is 0 Å². The molecule has 0 radical (unpaired) electrons. The number of nitrogens with zero attached hydrogens (tertiary/aromatic N) is 1. The molecule has 0 aliphatic rings. The van der Waals surface area contributed by atoms with Gasteiger partial charge in [-0.15, -0.1) is 0 Å². The maximum atomic E-state index is 12.2. The van der Waals surface area contributed by atoms with Gasteiger partial charge in [0.2, 0.25) is 0 Å². The predicted molar refractivity (Wildman–Crippen MR) is 98.3 cm³/mol. The largest absolute Gasteiger partial charge is 1.00 e. The number of carbonyl (C=O) groups is 1. The maximum absolute atomic E-state index is 12.2. The summed E-state index contributed by atoms with van der Waals surface area (Å²) in [5.74, 6) is -0.0290. The lowest BCUT2D eigenvalue weighted by Crippen LogP contribution is -3.00. The van der Waals surface area contributed by atoms with Crippen LogP contribution in [0.15, 0.2) is 41.2 Å². The molecule has 3 aromatic rings. The number of quaternary nitrogens is 1. The van der Waals surface area contributed by atoms with Crippen molar-refractivity contribution in [3.05, 3.63) is 52.3 Å². The lowest BCUT2D eigenvalue weighted by molar-refractivity contribution is -0.861. The number of fused-ring (bicyclic) bond motifs is 3. The summed E-state index contributed by atoms with van der Waals surface area (Å²) >= 11 is 0. The molecule has 0 atom stereocenters. The molecule has 0 spiro atoms. The Morgan fingerprint density at radius 3 is 2.36 bits per heavy atom. The fourth-order valence-corrected chi connectivity index (χ4v) is 2.90. The average Bonchev–Trinajstić information content (AvgIpc) is 2.47. The third-order valence-electron chi connectivity index (χ3n) is 3.97. The van der Waals surface area contributed by atoms with Crippen molar-refractivity contribution in [2.75, 3.05) is 33.0 Å². The second-order valence-electron chi connectivity index (χ2n) is 7.21. The summed E-state index contributed by atoms with van der Waals surface area (Å²) < 4.78 is 0.564. The molecule has 6 heteroatoms. The van der Waals surface area contributed by atoms with Gasteiger partial charge in [0.05, 0.1) is 21.1 Å². The zero-order chi connectivity index (χ0) is 17.5. The van der Waals surface area contributed by atoms with Crippen LogP contribution in [0.3, 0.4) is 0 Å². The van der Waals surface area contributed by atoms with Gasteiger partial charge in [0.15, 0.2) is 6.54 Å². The van der Waals surface area contributed by atoms with E-state index in [0.29, 0.717) is 16.4 Å². The highest BCUT2D eigenvalue weighted by Crippen LogP contribution is 2.27. The number of halogens is 1. The van der Waals surface area contributed by atoms with E-state index < -0.39 is 0 Å². The first-order valence-corrected chi connectivity index (χ1v) is 7.90. The zero-order valence-corrected chi connectivity index (χ0v) is 15.6. The van der Waals surface area contributed by atoms with Gasteiger partial charge < -0.3 is 27.2 Å². The monoisotopic (exact) mass is 359 g/mol. The number of likely N-dealkylation sites (N-methyl/N-ethyl adjacent to an activating group) is 1. The molecule has 0 aliphatic heterocycles. The van der Waals surface area contributed by atoms with Crippen molar-refractivity contribution in [1.82, 2.24) is 4.98 Å². The third-order valence-corrected chi connectivity index (χ3v) is 3.97. The Morgan fingerprint density at radius 1 is 1.08 bits per heavy atom. The highest BCUT2D eigenvalue weighted by Gasteiger charge is 2.16. The smallest absolute Gasteiger partial charge is 0.279 e. The summed E-state index contributed by atoms with van der Waals surface area (Å²) in [6.45, 7) is 2.32. The van der Waals surface area contributed by atoms with E-state index in [1.54, 1.807) is 0 Å². The second-order valence-corrected chi connectivity index (χ2v) is 7.21. The van der Waals surface area contributed by atoms with Crippen molar-refractivity contribution >= 4 is 33.3 Å². The number of anilines is 1. The molecular weight excluding hydrogens is 338 g/mol. The third kappa shape index (κ3) is 4.00. The quantitative estimate of drug-likeness (QED) is 0.495. The molecule has 3 rings (SSSR count). The summed E-state index contributed by atoms with van der Waals surface area (Å²) in [6, 6.07) is 11.3. The summed E-state index contributed by atoms with van der Waals surface area (Å²) in [4.78, 5) is 27.4. The highest BCUT2D eigenvalue weighted by atomic mass is 35.5. The number of pyridine rings is 1. The van der Waals surface area contributed by atoms with Gasteiger partial charge in [-0.1, -0.05) is 18.2 Å². The van der Waals surface area contributed by atoms with Crippen LogP contribution < -0.4 is 23.3 Å². The van der Waals surface area contributed by atoms with Crippen LogP contribution in [0.5, 0.6) is 0 Å². The van der Waals surface area contributed by atoms with Gasteiger partial charge in [-0.2, -0.15) is 0 Å². The van der Waals surface area contributed by atoms with Crippen molar-refractivity contribution in [1.29, 1.82) is 0 Å². The number of carbonyl (C=O) groups excluding carboxylic acids is 1. The molecule has 25 heavy (non-hydrogen) atoms. The van der Waals surface area contributed by atoms with E-state index in [1.807, 2.05) is 64.5 Å². The molecule has 0 unspecified atom stereocenters. The van der Waals surface area contributed by atoms with Crippen molar-refractivity contribution in [2.24, 2.45) is 0 Å². The van der Waals surface area contributed by atoms with E-state index >= 15 is 0 Å². The van der Waals surface area contributed by atoms with E-state index in [2.05, 4.69) is 10.3 Å². The molecular formula is C19H22ClN3O2. The summed E-state index contributed by atoms with van der Waals surface area (Å²) in [5.41, 5.74) is 2.38. The minimum absolute atomic E-state index is 0. The first-order chi connectivity index (χ1) is 11.2. The number of nitrogens with one attached hydrogen (secondary N) is 2. The van der Waals surface area contributed by atoms with Crippen LogP contribution >= 0.6 is 0 Å². The number of H-pyrrole nitrogens is 1. The predicted octanol–water partition coefficient (Wildman–Crippen LogP) is -0.362. The van der Waals surface area contributed by atoms with Crippen LogP contribution in [-0.2, 0) is 4.79 Å². The van der Waals surface area contributed by atoms with Crippen LogP contribution in [0.2, 0.25) is 0 Å². The van der Waals surface area contributed by atoms with Gasteiger partial charge in [0.25, 0.3) is 11.5 Å². The second kappa shape index (κ2) is 6.86. The fraction of sp³-hybridized carbons (Fsp3) is 0.263. The zero-order valence-electron chi connectivity index (χ0n) is 14.8. The molecule has 2 N–H and O–H groups in total. The average molecular weight is 360 g/mol. The SMILES string of the molecule is Cc1cc2[nH]c(=O)c3ccccc3c2cc1NC(=O)C[N+](C)(C)C.[Cl-]. The molecule has 2 aromatic carbocycles. The van der Waals surface area contributed by atoms with Gasteiger partial charge in [0, 0.05) is 22.0 Å². The van der Waals surface area contributed by atoms with E-state index in [4.69, 9.17) is 0 Å². The molecule has 0 saturated heterocycles. The van der Waals surface area contributed by atoms with Gasteiger partial charge in [0.1, 0.15) is 0 Å². The van der Waals surface area contributed by atoms with Crippen LogP contribution in [0, 0.1) is 6.92 Å². The summed E-state index contributed by atoms with van der Waals surface area (Å²) in [5, 5.41) is 5.46. The topological polar surface area (TPSA) is 62.0 Å². The molecule has 1 heterocycles. The Labute approximate surface area is 152 Å². The molecule has 5 nitrogen and oxygen atoms in total. The molecule has 1 aromatic heterocycles. The molecule has 0 fully saturated rings. The Bertz CT molecular complexity index is 1000. The Morgan fingerprint density at radius 2 is 1.72 bits per heavy atom. The van der Waals surface area contributed by atoms with Crippen LogP contribution in [0.4, 0.5) is 5.69 Å². The molecule has 0 saturated carbocycles. The van der Waals surface area contributed by atoms with Crippen LogP contribution in [0.25, 0.3) is 21.7 Å². The number of amides is 1. The summed E-state index contributed by atoms with van der Waals surface area (Å²) in [6.07, 6.45) is 0. The number of benzene rings is 2. The number of hydrogen-bond donors (Lipinski definition) is 2. The standard InChI is InChI=1S/C19H21N3O2.ClH/c1-12-9-17-15(10-16(12)20-18(23)11-22(2,3)4)13-7-5-6-8-14(13)19(24)21-17;/h5-10H,11H2,1-4H3,(H-,20,21,23,24);1H. The number of hydrogen-bond acceptors (Lipinski definition) is 2. The van der Waals surface area contributed by atoms with Crippen molar-refractivity contribution in [3.8, 4) is 0 Å². The minimum Gasteiger partial charge on any atom is -1.00 e. The van der Waals surface area contributed by atoms with E-state index in [-0.39, 0.29) is 23.9 Å². The first kappa shape index (κ1) is 19.0. The number of aryl methyl sites for hydroxylation is 1. The molecule has 1 amide bonds. The van der Waals surface area contributed by atoms with Crippen molar-refractivity contribution in [2.45, 2.75) is 6.92 Å². The Balaban J connectivity index is 0.00000225. The number of aromatic amines is 1. The van der Waals surface area contributed by atoms with E-state index in [1.165, 1.54) is 0 Å². The summed E-state index contributed by atoms with van der Waals surface area (Å²) in [7, 11) is 5.93. The molecule has 132 valence electrons. The van der Waals surface area contributed by atoms with E-state index in [9.17, 15) is 9.59 Å². The maximum Gasteiger partial charge on any atom is 0.279 e. The number of rotatable bonds is 3. The molecule has 0 bridgehead atoms. The van der Waals surface area contributed by atoms with Gasteiger partial charge in [-0.25, -0.2) is 0 Å². The minimum atomic E-state index is -0.0979. The Kier molecular flexibility index (Phi) is 5.20. The fourth-order valence-electron chi connectivity index (χ4n) is 2.90. The lowest BCUT2D eigenvalue weighted by atomic mass is 10.0. The van der Waals surface area contributed by atoms with Crippen LogP contribution in [-0.4, -0.2) is 43.1 Å². The van der Waals surface area contributed by atoms with Crippen LogP contribution in [0.1, 0.15) is 5.56 Å². The lowest BCUT2D eigenvalue weighted by Gasteiger charge is -2.23. The van der Waals surface area contributed by atoms with Gasteiger partial charge in [-0.05, 0) is 36.1 Å². The normalized spacial score (nSPS) is 11.4. The molecule has 0 aliphatic carbocycles. The van der Waals surface area contributed by atoms with E-state index in [0.717, 1.165) is 27.5 Å². The highest BCUT2D eigenvalue weighted by molar-refractivity contribution is 6.07. The van der Waals surface area contributed by atoms with Gasteiger partial charge in [-0.3, -0.25) is 9.59 Å². The van der Waals surface area contributed by atoms with Gasteiger partial charge >= 0.3 is 0 Å².